The van der Waals surface area contributed by atoms with Crippen LogP contribution >= 0.6 is 0 Å². The molecule has 0 saturated carbocycles. The van der Waals surface area contributed by atoms with E-state index in [1.165, 1.54) is 6.21 Å². The summed E-state index contributed by atoms with van der Waals surface area (Å²) in [6.45, 7) is 1.63. The van der Waals surface area contributed by atoms with Crippen LogP contribution in [0.25, 0.3) is 0 Å². The highest BCUT2D eigenvalue weighted by Crippen LogP contribution is 2.04. The maximum absolute atomic E-state index is 11.6. The molecule has 0 heterocycles. The van der Waals surface area contributed by atoms with Gasteiger partial charge in [0, 0.05) is 11.4 Å². The third-order valence-corrected chi connectivity index (χ3v) is 2.81. The Kier molecular flexibility index (Phi) is 6.68. The van der Waals surface area contributed by atoms with Crippen LogP contribution in [-0.4, -0.2) is 24.0 Å². The second-order valence-electron chi connectivity index (χ2n) is 4.88. The van der Waals surface area contributed by atoms with E-state index in [1.807, 2.05) is 36.4 Å². The van der Waals surface area contributed by atoms with Gasteiger partial charge in [0.1, 0.15) is 0 Å². The van der Waals surface area contributed by atoms with E-state index in [1.54, 1.807) is 31.2 Å². The maximum Gasteiger partial charge on any atom is 0.339 e. The van der Waals surface area contributed by atoms with E-state index in [2.05, 4.69) is 31.7 Å². The van der Waals surface area contributed by atoms with E-state index in [9.17, 15) is 9.59 Å². The number of urea groups is 2. The normalized spacial score (nSPS) is 11.0. The fourth-order valence-corrected chi connectivity index (χ4v) is 1.71. The van der Waals surface area contributed by atoms with Crippen molar-refractivity contribution < 1.29 is 9.59 Å². The Morgan fingerprint density at radius 1 is 0.800 bits per heavy atom. The molecule has 0 fully saturated rings. The highest BCUT2D eigenvalue weighted by Gasteiger charge is 2.00. The van der Waals surface area contributed by atoms with Crippen molar-refractivity contribution >= 4 is 35.4 Å². The summed E-state index contributed by atoms with van der Waals surface area (Å²) < 4.78 is 0. The number of rotatable bonds is 5. The van der Waals surface area contributed by atoms with Crippen molar-refractivity contribution in [1.82, 2.24) is 10.9 Å². The highest BCUT2D eigenvalue weighted by molar-refractivity contribution is 6.29. The van der Waals surface area contributed by atoms with Crippen LogP contribution in [0, 0.1) is 0 Å². The standard InChI is InChI=1S/C17H18N6O2/c1-13(21-23-17(25)20-15-10-6-3-7-11-15)12-18-22-16(24)19-14-8-4-2-5-9-14/h2-12H,1H3,(H2,19,22,24)(H2,20,23,25)/b18-12+,21-13+. The van der Waals surface area contributed by atoms with Crippen LogP contribution in [0.5, 0.6) is 0 Å². The van der Waals surface area contributed by atoms with Gasteiger partial charge in [-0.05, 0) is 31.2 Å². The molecule has 4 N–H and O–H groups in total. The van der Waals surface area contributed by atoms with Gasteiger partial charge in [-0.15, -0.1) is 0 Å². The molecule has 2 rings (SSSR count). The van der Waals surface area contributed by atoms with Crippen LogP contribution in [0.15, 0.2) is 70.9 Å². The third kappa shape index (κ3) is 6.95. The Bertz CT molecular complexity index is 759. The number of hydrazone groups is 2. The van der Waals surface area contributed by atoms with Gasteiger partial charge in [-0.2, -0.15) is 10.2 Å². The minimum absolute atomic E-state index is 0.406. The van der Waals surface area contributed by atoms with Crippen LogP contribution < -0.4 is 21.5 Å². The molecule has 0 aliphatic carbocycles. The van der Waals surface area contributed by atoms with Crippen LogP contribution in [0.3, 0.4) is 0 Å². The van der Waals surface area contributed by atoms with E-state index >= 15 is 0 Å². The average Bonchev–Trinajstić information content (AvgIpc) is 2.62. The van der Waals surface area contributed by atoms with Gasteiger partial charge in [-0.25, -0.2) is 20.4 Å². The van der Waals surface area contributed by atoms with Crippen molar-refractivity contribution in [3.63, 3.8) is 0 Å². The molecule has 0 atom stereocenters. The number of carbonyl (C=O) groups is 2. The molecular weight excluding hydrogens is 320 g/mol. The second kappa shape index (κ2) is 9.46. The van der Waals surface area contributed by atoms with Crippen molar-refractivity contribution in [3.8, 4) is 0 Å². The maximum atomic E-state index is 11.6. The molecule has 0 saturated heterocycles. The number of nitrogens with one attached hydrogen (secondary N) is 4. The first-order chi connectivity index (χ1) is 12.1. The van der Waals surface area contributed by atoms with Crippen molar-refractivity contribution in [2.75, 3.05) is 10.6 Å². The lowest BCUT2D eigenvalue weighted by atomic mass is 10.3. The van der Waals surface area contributed by atoms with Gasteiger partial charge in [-0.3, -0.25) is 0 Å². The number of benzene rings is 2. The van der Waals surface area contributed by atoms with Gasteiger partial charge in [0.2, 0.25) is 0 Å². The summed E-state index contributed by atoms with van der Waals surface area (Å²) >= 11 is 0. The molecule has 0 aliphatic rings. The zero-order chi connectivity index (χ0) is 17.9. The first kappa shape index (κ1) is 17.7. The molecule has 25 heavy (non-hydrogen) atoms. The molecule has 2 aromatic carbocycles. The van der Waals surface area contributed by atoms with E-state index in [0.29, 0.717) is 17.1 Å². The summed E-state index contributed by atoms with van der Waals surface area (Å²) in [7, 11) is 0. The van der Waals surface area contributed by atoms with Crippen molar-refractivity contribution in [1.29, 1.82) is 0 Å². The monoisotopic (exact) mass is 338 g/mol. The van der Waals surface area contributed by atoms with Crippen LogP contribution in [-0.2, 0) is 0 Å². The molecular formula is C17H18N6O2. The topological polar surface area (TPSA) is 107 Å². The summed E-state index contributed by atoms with van der Waals surface area (Å²) in [4.78, 5) is 23.3. The van der Waals surface area contributed by atoms with Gasteiger partial charge in [-0.1, -0.05) is 36.4 Å². The summed E-state index contributed by atoms with van der Waals surface area (Å²) in [6, 6.07) is 17.0. The van der Waals surface area contributed by atoms with Gasteiger partial charge in [0.25, 0.3) is 0 Å². The van der Waals surface area contributed by atoms with Gasteiger partial charge < -0.3 is 10.6 Å². The SMILES string of the molecule is CC(/C=N/NC(=O)Nc1ccccc1)=N\NC(=O)Nc1ccccc1. The van der Waals surface area contributed by atoms with Gasteiger partial charge >= 0.3 is 12.1 Å². The molecule has 8 heteroatoms. The zero-order valence-corrected chi connectivity index (χ0v) is 13.6. The smallest absolute Gasteiger partial charge is 0.307 e. The largest absolute Gasteiger partial charge is 0.339 e. The number of hydrogen-bond donors (Lipinski definition) is 4. The van der Waals surface area contributed by atoms with Crippen LogP contribution in [0.4, 0.5) is 21.0 Å². The fraction of sp³-hybridized carbons (Fsp3) is 0.0588. The lowest BCUT2D eigenvalue weighted by Crippen LogP contribution is -2.26. The van der Waals surface area contributed by atoms with Gasteiger partial charge in [0.05, 0.1) is 11.9 Å². The molecule has 0 unspecified atom stereocenters. The third-order valence-electron chi connectivity index (χ3n) is 2.81. The first-order valence-corrected chi connectivity index (χ1v) is 7.45. The Balaban J connectivity index is 1.73. The molecule has 0 aliphatic heterocycles. The average molecular weight is 338 g/mol. The van der Waals surface area contributed by atoms with E-state index in [0.717, 1.165) is 0 Å². The minimum atomic E-state index is -0.481. The van der Waals surface area contributed by atoms with Crippen LogP contribution in [0.1, 0.15) is 6.92 Å². The number of anilines is 2. The molecule has 8 nitrogen and oxygen atoms in total. The fourth-order valence-electron chi connectivity index (χ4n) is 1.71. The molecule has 0 aromatic heterocycles. The van der Waals surface area contributed by atoms with E-state index in [4.69, 9.17) is 0 Å². The number of amides is 4. The van der Waals surface area contributed by atoms with E-state index in [-0.39, 0.29) is 0 Å². The quantitative estimate of drug-likeness (QED) is 0.497. The van der Waals surface area contributed by atoms with Crippen molar-refractivity contribution in [2.45, 2.75) is 6.92 Å². The number of para-hydroxylation sites is 2. The molecule has 128 valence electrons. The second-order valence-corrected chi connectivity index (χ2v) is 4.88. The molecule has 2 aromatic rings. The summed E-state index contributed by atoms with van der Waals surface area (Å²) in [5.41, 5.74) is 6.34. The van der Waals surface area contributed by atoms with Crippen molar-refractivity contribution in [3.05, 3.63) is 60.7 Å². The first-order valence-electron chi connectivity index (χ1n) is 7.45. The molecule has 0 spiro atoms. The number of carbonyl (C=O) groups excluding carboxylic acids is 2. The Hall–Kier alpha value is -3.68. The molecule has 4 amide bonds. The summed E-state index contributed by atoms with van der Waals surface area (Å²) in [5.74, 6) is 0. The Labute approximate surface area is 145 Å². The van der Waals surface area contributed by atoms with E-state index < -0.39 is 12.1 Å². The zero-order valence-electron chi connectivity index (χ0n) is 13.6. The lowest BCUT2D eigenvalue weighted by Gasteiger charge is -2.04. The predicted molar refractivity (Wildman–Crippen MR) is 98.8 cm³/mol. The molecule has 0 bridgehead atoms. The van der Waals surface area contributed by atoms with Gasteiger partial charge in [0.15, 0.2) is 0 Å². The van der Waals surface area contributed by atoms with Crippen molar-refractivity contribution in [2.24, 2.45) is 10.2 Å². The number of hydrogen-bond acceptors (Lipinski definition) is 4. The minimum Gasteiger partial charge on any atom is -0.307 e. The molecule has 0 radical (unpaired) electrons. The predicted octanol–water partition coefficient (Wildman–Crippen LogP) is 2.99. The highest BCUT2D eigenvalue weighted by atomic mass is 16.2. The summed E-state index contributed by atoms with van der Waals surface area (Å²) in [5, 5.41) is 12.8. The Morgan fingerprint density at radius 3 is 1.80 bits per heavy atom. The van der Waals surface area contributed by atoms with Crippen LogP contribution in [0.2, 0.25) is 0 Å². The lowest BCUT2D eigenvalue weighted by molar-refractivity contribution is 0.251. The Morgan fingerprint density at radius 2 is 1.28 bits per heavy atom. The summed E-state index contributed by atoms with van der Waals surface area (Å²) in [6.07, 6.45) is 1.31. The number of nitrogens with zero attached hydrogens (tertiary/aromatic N) is 2.